The maximum atomic E-state index is 13.1. The predicted octanol–water partition coefficient (Wildman–Crippen LogP) is 3.49. The van der Waals surface area contributed by atoms with Gasteiger partial charge < -0.3 is 5.11 Å². The summed E-state index contributed by atoms with van der Waals surface area (Å²) in [7, 11) is 0. The zero-order chi connectivity index (χ0) is 13.2. The average molecular weight is 248 g/mol. The Morgan fingerprint density at radius 1 is 1.24 bits per heavy atom. The quantitative estimate of drug-likeness (QED) is 0.642. The summed E-state index contributed by atoms with van der Waals surface area (Å²) >= 11 is 0. The zero-order valence-corrected chi connectivity index (χ0v) is 8.68. The Morgan fingerprint density at radius 2 is 1.76 bits per heavy atom. The smallest absolute Gasteiger partial charge is 0.416 e. The number of carboxylic acid groups (broad SMARTS) is 1. The summed E-state index contributed by atoms with van der Waals surface area (Å²) in [5, 5.41) is 8.39. The highest BCUT2D eigenvalue weighted by Gasteiger charge is 2.34. The Hall–Kier alpha value is -1.85. The van der Waals surface area contributed by atoms with Gasteiger partial charge in [0.25, 0.3) is 0 Å². The summed E-state index contributed by atoms with van der Waals surface area (Å²) in [6.07, 6.45) is -4.66. The summed E-state index contributed by atoms with van der Waals surface area (Å²) < 4.78 is 50.8. The van der Waals surface area contributed by atoms with Crippen LogP contribution in [0.3, 0.4) is 0 Å². The highest BCUT2D eigenvalue weighted by molar-refractivity contribution is 5.94. The fraction of sp³-hybridized carbons (Fsp3) is 0.182. The van der Waals surface area contributed by atoms with Crippen molar-refractivity contribution in [2.45, 2.75) is 13.1 Å². The van der Waals surface area contributed by atoms with Gasteiger partial charge in [-0.2, -0.15) is 17.6 Å². The minimum Gasteiger partial charge on any atom is -0.476 e. The number of benzene rings is 1. The standard InChI is InChI=1S/C11H8F4O2/c1-6(9(12)10(16)17)7-4-2-3-5-8(7)11(13,14)15/h2-5H,1H3,(H,16,17). The molecule has 0 aliphatic carbocycles. The van der Waals surface area contributed by atoms with Gasteiger partial charge in [0.2, 0.25) is 5.83 Å². The van der Waals surface area contributed by atoms with Crippen LogP contribution < -0.4 is 0 Å². The molecule has 0 saturated heterocycles. The molecule has 0 amide bonds. The summed E-state index contributed by atoms with van der Waals surface area (Å²) in [5.74, 6) is -3.49. The van der Waals surface area contributed by atoms with Gasteiger partial charge in [0, 0.05) is 5.57 Å². The lowest BCUT2D eigenvalue weighted by Gasteiger charge is -2.12. The third kappa shape index (κ3) is 2.83. The van der Waals surface area contributed by atoms with Crippen molar-refractivity contribution in [3.05, 3.63) is 41.2 Å². The van der Waals surface area contributed by atoms with Gasteiger partial charge in [0.05, 0.1) is 5.56 Å². The molecule has 17 heavy (non-hydrogen) atoms. The molecule has 0 saturated carbocycles. The van der Waals surface area contributed by atoms with Crippen LogP contribution in [-0.4, -0.2) is 11.1 Å². The van der Waals surface area contributed by atoms with Crippen molar-refractivity contribution < 1.29 is 27.5 Å². The van der Waals surface area contributed by atoms with E-state index >= 15 is 0 Å². The summed E-state index contributed by atoms with van der Waals surface area (Å²) in [6, 6.07) is 4.23. The molecule has 0 atom stereocenters. The van der Waals surface area contributed by atoms with Crippen molar-refractivity contribution in [3.8, 4) is 0 Å². The molecule has 2 nitrogen and oxygen atoms in total. The number of hydrogen-bond acceptors (Lipinski definition) is 1. The number of carbonyl (C=O) groups is 1. The van der Waals surface area contributed by atoms with E-state index < -0.39 is 34.7 Å². The van der Waals surface area contributed by atoms with Crippen molar-refractivity contribution in [1.29, 1.82) is 0 Å². The molecule has 0 aliphatic rings. The van der Waals surface area contributed by atoms with Crippen LogP contribution in [0.5, 0.6) is 0 Å². The van der Waals surface area contributed by atoms with Crippen LogP contribution in [0.25, 0.3) is 5.57 Å². The van der Waals surface area contributed by atoms with Gasteiger partial charge in [-0.15, -0.1) is 0 Å². The monoisotopic (exact) mass is 248 g/mol. The SMILES string of the molecule is CC(=C(F)C(=O)O)c1ccccc1C(F)(F)F. The lowest BCUT2D eigenvalue weighted by Crippen LogP contribution is -2.09. The third-order valence-electron chi connectivity index (χ3n) is 2.15. The van der Waals surface area contributed by atoms with Gasteiger partial charge in [-0.1, -0.05) is 18.2 Å². The van der Waals surface area contributed by atoms with Crippen LogP contribution in [0.4, 0.5) is 17.6 Å². The Bertz CT molecular complexity index is 475. The molecule has 0 bridgehead atoms. The van der Waals surface area contributed by atoms with E-state index in [1.807, 2.05) is 0 Å². The second kappa shape index (κ2) is 4.57. The molecule has 0 fully saturated rings. The lowest BCUT2D eigenvalue weighted by molar-refractivity contribution is -0.138. The molecule has 0 unspecified atom stereocenters. The van der Waals surface area contributed by atoms with E-state index in [1.165, 1.54) is 6.07 Å². The van der Waals surface area contributed by atoms with Gasteiger partial charge >= 0.3 is 12.1 Å². The summed E-state index contributed by atoms with van der Waals surface area (Å²) in [4.78, 5) is 10.4. The number of carboxylic acids is 1. The van der Waals surface area contributed by atoms with Crippen LogP contribution in [-0.2, 0) is 11.0 Å². The molecule has 0 heterocycles. The first-order valence-corrected chi connectivity index (χ1v) is 4.51. The maximum absolute atomic E-state index is 13.1. The highest BCUT2D eigenvalue weighted by atomic mass is 19.4. The van der Waals surface area contributed by atoms with Crippen molar-refractivity contribution in [2.75, 3.05) is 0 Å². The maximum Gasteiger partial charge on any atom is 0.416 e. The predicted molar refractivity (Wildman–Crippen MR) is 52.8 cm³/mol. The molecular weight excluding hydrogens is 240 g/mol. The molecule has 0 aliphatic heterocycles. The molecule has 6 heteroatoms. The van der Waals surface area contributed by atoms with Gasteiger partial charge in [-0.3, -0.25) is 0 Å². The number of alkyl halides is 3. The number of halogens is 4. The molecule has 1 aromatic carbocycles. The molecule has 0 radical (unpaired) electrons. The second-order valence-corrected chi connectivity index (χ2v) is 3.29. The van der Waals surface area contributed by atoms with Gasteiger partial charge in [-0.05, 0) is 18.6 Å². The van der Waals surface area contributed by atoms with Gasteiger partial charge in [-0.25, -0.2) is 4.79 Å². The largest absolute Gasteiger partial charge is 0.476 e. The van der Waals surface area contributed by atoms with Gasteiger partial charge in [0.1, 0.15) is 0 Å². The first kappa shape index (κ1) is 13.2. The number of hydrogen-bond donors (Lipinski definition) is 1. The van der Waals surface area contributed by atoms with E-state index in [0.717, 1.165) is 25.1 Å². The van der Waals surface area contributed by atoms with E-state index in [1.54, 1.807) is 0 Å². The number of allylic oxidation sites excluding steroid dienone is 1. The summed E-state index contributed by atoms with van der Waals surface area (Å²) in [6.45, 7) is 0.994. The van der Waals surface area contributed by atoms with Crippen molar-refractivity contribution in [3.63, 3.8) is 0 Å². The molecule has 1 aromatic rings. The van der Waals surface area contributed by atoms with Crippen LogP contribution in [0.2, 0.25) is 0 Å². The molecule has 1 rings (SSSR count). The Labute approximate surface area is 94.2 Å². The normalized spacial score (nSPS) is 13.2. The van der Waals surface area contributed by atoms with E-state index in [4.69, 9.17) is 5.11 Å². The van der Waals surface area contributed by atoms with Crippen LogP contribution in [0.15, 0.2) is 30.1 Å². The van der Waals surface area contributed by atoms with E-state index in [0.29, 0.717) is 0 Å². The van der Waals surface area contributed by atoms with Crippen molar-refractivity contribution >= 4 is 11.5 Å². The molecule has 0 aromatic heterocycles. The van der Waals surface area contributed by atoms with E-state index in [2.05, 4.69) is 0 Å². The molecule has 92 valence electrons. The molecule has 0 spiro atoms. The lowest BCUT2D eigenvalue weighted by atomic mass is 10.00. The number of aliphatic carboxylic acids is 1. The van der Waals surface area contributed by atoms with Crippen LogP contribution in [0.1, 0.15) is 18.1 Å². The molecular formula is C11H8F4O2. The Kier molecular flexibility index (Phi) is 3.55. The van der Waals surface area contributed by atoms with Crippen LogP contribution in [0, 0.1) is 0 Å². The zero-order valence-electron chi connectivity index (χ0n) is 8.68. The van der Waals surface area contributed by atoms with Crippen molar-refractivity contribution in [2.24, 2.45) is 0 Å². The number of rotatable bonds is 2. The first-order chi connectivity index (χ1) is 7.75. The minimum absolute atomic E-state index is 0.472. The fourth-order valence-electron chi connectivity index (χ4n) is 1.34. The highest BCUT2D eigenvalue weighted by Crippen LogP contribution is 2.35. The Balaban J connectivity index is 3.43. The fourth-order valence-corrected chi connectivity index (χ4v) is 1.34. The average Bonchev–Trinajstić information content (AvgIpc) is 2.25. The summed E-state index contributed by atoms with van der Waals surface area (Å²) in [5.41, 5.74) is -2.08. The topological polar surface area (TPSA) is 37.3 Å². The van der Waals surface area contributed by atoms with Gasteiger partial charge in [0.15, 0.2) is 0 Å². The molecule has 1 N–H and O–H groups in total. The second-order valence-electron chi connectivity index (χ2n) is 3.29. The Morgan fingerprint density at radius 3 is 2.24 bits per heavy atom. The first-order valence-electron chi connectivity index (χ1n) is 4.51. The van der Waals surface area contributed by atoms with E-state index in [-0.39, 0.29) is 0 Å². The van der Waals surface area contributed by atoms with E-state index in [9.17, 15) is 22.4 Å². The third-order valence-corrected chi connectivity index (χ3v) is 2.15. The van der Waals surface area contributed by atoms with Crippen molar-refractivity contribution in [1.82, 2.24) is 0 Å². The van der Waals surface area contributed by atoms with Crippen LogP contribution >= 0.6 is 0 Å². The minimum atomic E-state index is -4.66.